The average molecular weight is 825 g/mol. The number of rotatable bonds is 11. The number of aryl methyl sites for hydroxylation is 2. The average Bonchev–Trinajstić information content (AvgIpc) is 3.77. The van der Waals surface area contributed by atoms with Crippen molar-refractivity contribution in [2.75, 3.05) is 0 Å². The highest BCUT2D eigenvalue weighted by molar-refractivity contribution is 6.18. The monoisotopic (exact) mass is 824 g/mol. The summed E-state index contributed by atoms with van der Waals surface area (Å²) in [5.74, 6) is -1.88. The van der Waals surface area contributed by atoms with Crippen molar-refractivity contribution in [3.05, 3.63) is 161 Å². The number of hydroxylamine groups is 2. The fourth-order valence-electron chi connectivity index (χ4n) is 8.36. The largest absolute Gasteiger partial charge is 0.341 e. The van der Waals surface area contributed by atoms with Gasteiger partial charge < -0.3 is 18.8 Å². The summed E-state index contributed by atoms with van der Waals surface area (Å²) >= 11 is 0. The lowest BCUT2D eigenvalue weighted by Crippen LogP contribution is -2.39. The Hall–Kier alpha value is -7.66. The molecule has 0 N–H and O–H groups in total. The summed E-state index contributed by atoms with van der Waals surface area (Å²) < 4.78 is 4.32. The molecule has 1 atom stereocenters. The lowest BCUT2D eigenvalue weighted by atomic mass is 9.97. The maximum Gasteiger partial charge on any atom is 0.331 e. The Bertz CT molecular complexity index is 3150. The number of aromatic nitrogens is 2. The summed E-state index contributed by atoms with van der Waals surface area (Å²) in [6, 6.07) is 39.8. The number of oxime groups is 1. The molecule has 0 bridgehead atoms. The van der Waals surface area contributed by atoms with Gasteiger partial charge in [0.1, 0.15) is 0 Å². The van der Waals surface area contributed by atoms with E-state index in [1.54, 1.807) is 6.92 Å². The van der Waals surface area contributed by atoms with Crippen LogP contribution in [0.1, 0.15) is 84.0 Å². The van der Waals surface area contributed by atoms with Crippen LogP contribution >= 0.6 is 0 Å². The molecule has 0 saturated heterocycles. The summed E-state index contributed by atoms with van der Waals surface area (Å²) in [5.41, 5.74) is 8.92. The predicted octanol–water partition coefficient (Wildman–Crippen LogP) is 10.1. The van der Waals surface area contributed by atoms with Crippen LogP contribution in [0.3, 0.4) is 0 Å². The number of benzene rings is 6. The number of para-hydroxylation sites is 1. The second-order valence-corrected chi connectivity index (χ2v) is 15.4. The minimum absolute atomic E-state index is 0.0406. The zero-order valence-electron chi connectivity index (χ0n) is 35.3. The molecule has 0 aliphatic carbocycles. The van der Waals surface area contributed by atoms with E-state index in [-0.39, 0.29) is 18.0 Å². The van der Waals surface area contributed by atoms with Crippen molar-refractivity contribution in [2.45, 2.75) is 60.5 Å². The first-order chi connectivity index (χ1) is 29.8. The van der Waals surface area contributed by atoms with Crippen molar-refractivity contribution < 1.29 is 33.6 Å². The topological polar surface area (TPSA) is 129 Å². The third kappa shape index (κ3) is 7.64. The van der Waals surface area contributed by atoms with E-state index in [0.29, 0.717) is 33.5 Å². The Kier molecular flexibility index (Phi) is 11.1. The highest BCUT2D eigenvalue weighted by Crippen LogP contribution is 2.35. The van der Waals surface area contributed by atoms with Crippen molar-refractivity contribution in [3.8, 4) is 5.69 Å². The SMILES string of the molecule is CCn1c2ccc(C(=O)c3ccc(-n4c5ccccc5c5cc(/C(CC(C)N(OC(C)=O)C(C)=O)=N/OC(C)=O)ccc54)cc3)cc2c2cc(C(=O)c3ccccc3C)ccc21. The van der Waals surface area contributed by atoms with Crippen molar-refractivity contribution >= 4 is 78.7 Å². The van der Waals surface area contributed by atoms with Gasteiger partial charge in [0.2, 0.25) is 0 Å². The highest BCUT2D eigenvalue weighted by atomic mass is 16.7. The van der Waals surface area contributed by atoms with Gasteiger partial charge in [0, 0.05) is 99.8 Å². The van der Waals surface area contributed by atoms with E-state index in [2.05, 4.69) is 21.2 Å². The first kappa shape index (κ1) is 41.1. The third-order valence-corrected chi connectivity index (χ3v) is 11.2. The first-order valence-electron chi connectivity index (χ1n) is 20.4. The van der Waals surface area contributed by atoms with Crippen LogP contribution in [0.2, 0.25) is 0 Å². The molecule has 0 saturated carbocycles. The van der Waals surface area contributed by atoms with E-state index in [1.165, 1.54) is 20.8 Å². The Labute approximate surface area is 357 Å². The summed E-state index contributed by atoms with van der Waals surface area (Å²) in [5, 5.41) is 8.82. The van der Waals surface area contributed by atoms with Gasteiger partial charge in [0.15, 0.2) is 11.6 Å². The van der Waals surface area contributed by atoms with Crippen LogP contribution in [0, 0.1) is 6.92 Å². The Morgan fingerprint density at radius 3 is 1.79 bits per heavy atom. The number of carbonyl (C=O) groups is 5. The Balaban J connectivity index is 1.13. The minimum Gasteiger partial charge on any atom is -0.341 e. The van der Waals surface area contributed by atoms with Crippen molar-refractivity contribution in [2.24, 2.45) is 5.16 Å². The van der Waals surface area contributed by atoms with Gasteiger partial charge in [-0.05, 0) is 105 Å². The quantitative estimate of drug-likeness (QED) is 0.0550. The smallest absolute Gasteiger partial charge is 0.331 e. The summed E-state index contributed by atoms with van der Waals surface area (Å²) in [6.07, 6.45) is 0.113. The molecule has 0 radical (unpaired) electrons. The maximum absolute atomic E-state index is 14.2. The molecule has 0 fully saturated rings. The van der Waals surface area contributed by atoms with Gasteiger partial charge >= 0.3 is 11.9 Å². The molecule has 8 rings (SSSR count). The van der Waals surface area contributed by atoms with Crippen LogP contribution < -0.4 is 0 Å². The number of ketones is 2. The fraction of sp³-hybridized carbons (Fsp3) is 0.176. The van der Waals surface area contributed by atoms with E-state index in [1.807, 2.05) is 134 Å². The van der Waals surface area contributed by atoms with Crippen LogP contribution in [0.15, 0.2) is 133 Å². The van der Waals surface area contributed by atoms with Crippen LogP contribution in [0.4, 0.5) is 0 Å². The van der Waals surface area contributed by atoms with Crippen molar-refractivity contribution in [3.63, 3.8) is 0 Å². The molecule has 6 aromatic carbocycles. The zero-order valence-corrected chi connectivity index (χ0v) is 35.3. The standard InChI is InChI=1S/C51H44N4O7/c1-7-53-46-23-19-37(28-43(46)44-29-38(20-24-47(44)53)51(60)40-13-9-8-12-30(40)2)50(59)35-16-21-39(22-17-35)54-48-15-11-10-14-41(48)42-27-36(18-25-49(42)54)45(52-61-33(5)57)26-31(3)55(32(4)56)62-34(6)58/h8-25,27-29,31H,7,26H2,1-6H3/b52-45+. The number of amides is 1. The van der Waals surface area contributed by atoms with E-state index in [4.69, 9.17) is 9.68 Å². The van der Waals surface area contributed by atoms with Crippen LogP contribution in [-0.4, -0.2) is 55.4 Å². The molecule has 8 aromatic rings. The molecule has 0 spiro atoms. The molecule has 1 amide bonds. The number of fused-ring (bicyclic) bond motifs is 6. The predicted molar refractivity (Wildman–Crippen MR) is 241 cm³/mol. The molecule has 11 nitrogen and oxygen atoms in total. The molecule has 0 aliphatic heterocycles. The summed E-state index contributed by atoms with van der Waals surface area (Å²) in [4.78, 5) is 74.0. The van der Waals surface area contributed by atoms with Crippen LogP contribution in [0.25, 0.3) is 49.3 Å². The molecule has 2 heterocycles. The van der Waals surface area contributed by atoms with Gasteiger partial charge in [-0.15, -0.1) is 0 Å². The number of carbonyl (C=O) groups excluding carboxylic acids is 5. The first-order valence-corrected chi connectivity index (χ1v) is 20.4. The third-order valence-electron chi connectivity index (χ3n) is 11.2. The Morgan fingerprint density at radius 2 is 1.16 bits per heavy atom. The van der Waals surface area contributed by atoms with Gasteiger partial charge in [-0.25, -0.2) is 4.79 Å². The van der Waals surface area contributed by atoms with E-state index in [9.17, 15) is 24.0 Å². The summed E-state index contributed by atoms with van der Waals surface area (Å²) in [7, 11) is 0. The van der Waals surface area contributed by atoms with Gasteiger partial charge in [-0.2, -0.15) is 5.06 Å². The number of hydrogen-bond acceptors (Lipinski definition) is 8. The second-order valence-electron chi connectivity index (χ2n) is 15.4. The molecule has 11 heteroatoms. The maximum atomic E-state index is 14.2. The number of nitrogens with zero attached hydrogens (tertiary/aromatic N) is 4. The van der Waals surface area contributed by atoms with Crippen LogP contribution in [-0.2, 0) is 30.6 Å². The summed E-state index contributed by atoms with van der Waals surface area (Å²) in [6.45, 7) is 10.2. The Morgan fingerprint density at radius 1 is 0.613 bits per heavy atom. The molecule has 0 aliphatic rings. The molecule has 2 aromatic heterocycles. The number of hydrogen-bond donors (Lipinski definition) is 0. The van der Waals surface area contributed by atoms with Crippen molar-refractivity contribution in [1.82, 2.24) is 14.2 Å². The van der Waals surface area contributed by atoms with Crippen molar-refractivity contribution in [1.29, 1.82) is 0 Å². The molecule has 310 valence electrons. The minimum atomic E-state index is -0.641. The highest BCUT2D eigenvalue weighted by Gasteiger charge is 2.25. The van der Waals surface area contributed by atoms with Gasteiger partial charge in [-0.3, -0.25) is 19.2 Å². The van der Waals surface area contributed by atoms with Crippen LogP contribution in [0.5, 0.6) is 0 Å². The lowest BCUT2D eigenvalue weighted by Gasteiger charge is -2.26. The second kappa shape index (κ2) is 16.8. The van der Waals surface area contributed by atoms with Gasteiger partial charge in [0.05, 0.1) is 22.8 Å². The fourth-order valence-corrected chi connectivity index (χ4v) is 8.36. The van der Waals surface area contributed by atoms with E-state index in [0.717, 1.165) is 66.5 Å². The lowest BCUT2D eigenvalue weighted by molar-refractivity contribution is -0.202. The zero-order chi connectivity index (χ0) is 43.8. The normalized spacial score (nSPS) is 12.2. The van der Waals surface area contributed by atoms with E-state index >= 15 is 0 Å². The van der Waals surface area contributed by atoms with Gasteiger partial charge in [-0.1, -0.05) is 53.7 Å². The molecule has 1 unspecified atom stereocenters. The molecular formula is C51H44N4O7. The van der Waals surface area contributed by atoms with E-state index < -0.39 is 23.9 Å². The molecular weight excluding hydrogens is 781 g/mol. The van der Waals surface area contributed by atoms with Gasteiger partial charge in [0.25, 0.3) is 5.91 Å². The molecule has 62 heavy (non-hydrogen) atoms.